The minimum absolute atomic E-state index is 0.132. The minimum Gasteiger partial charge on any atom is -0.508 e. The second kappa shape index (κ2) is 2.92. The Morgan fingerprint density at radius 3 is 2.62 bits per heavy atom. The van der Waals surface area contributed by atoms with Crippen LogP contribution in [-0.2, 0) is 0 Å². The van der Waals surface area contributed by atoms with Gasteiger partial charge in [-0.25, -0.2) is 0 Å². The Labute approximate surface area is 76.8 Å². The summed E-state index contributed by atoms with van der Waals surface area (Å²) in [6.07, 6.45) is 2.24. The number of hydrogen-bond donors (Lipinski definition) is 3. The first kappa shape index (κ1) is 8.38. The summed E-state index contributed by atoms with van der Waals surface area (Å²) in [5.74, 6) is 0.814. The van der Waals surface area contributed by atoms with Crippen molar-refractivity contribution in [1.29, 1.82) is 0 Å². The van der Waals surface area contributed by atoms with Gasteiger partial charge in [-0.05, 0) is 37.0 Å². The van der Waals surface area contributed by atoms with Gasteiger partial charge in [0, 0.05) is 11.6 Å². The van der Waals surface area contributed by atoms with E-state index in [0.717, 1.165) is 12.8 Å². The summed E-state index contributed by atoms with van der Waals surface area (Å²) in [5, 5.41) is 18.7. The van der Waals surface area contributed by atoms with E-state index >= 15 is 0 Å². The molecule has 0 aromatic heterocycles. The molecule has 4 N–H and O–H groups in total. The Morgan fingerprint density at radius 1 is 1.31 bits per heavy atom. The molecule has 3 nitrogen and oxygen atoms in total. The third-order valence-corrected chi connectivity index (χ3v) is 2.50. The molecule has 0 radical (unpaired) electrons. The summed E-state index contributed by atoms with van der Waals surface area (Å²) in [4.78, 5) is 0. The lowest BCUT2D eigenvalue weighted by Crippen LogP contribution is -2.12. The fourth-order valence-electron chi connectivity index (χ4n) is 1.52. The predicted octanol–water partition coefficient (Wildman–Crippen LogP) is 1.51. The lowest BCUT2D eigenvalue weighted by molar-refractivity contribution is 0.444. The molecule has 70 valence electrons. The van der Waals surface area contributed by atoms with Crippen molar-refractivity contribution < 1.29 is 10.2 Å². The Balaban J connectivity index is 2.31. The maximum Gasteiger partial charge on any atom is 0.120 e. The number of phenols is 2. The number of benzene rings is 1. The molecular weight excluding hydrogens is 166 g/mol. The highest BCUT2D eigenvalue weighted by molar-refractivity contribution is 5.41. The topological polar surface area (TPSA) is 66.5 Å². The monoisotopic (exact) mass is 179 g/mol. The predicted molar refractivity (Wildman–Crippen MR) is 49.4 cm³/mol. The molecule has 0 aliphatic heterocycles. The Hall–Kier alpha value is -1.22. The number of phenolic OH excluding ortho intramolecular Hbond substituents is 2. The third kappa shape index (κ3) is 1.60. The van der Waals surface area contributed by atoms with Crippen molar-refractivity contribution >= 4 is 0 Å². The quantitative estimate of drug-likeness (QED) is 0.603. The molecule has 0 unspecified atom stereocenters. The van der Waals surface area contributed by atoms with Crippen LogP contribution >= 0.6 is 0 Å². The fraction of sp³-hybridized carbons (Fsp3) is 0.400. The molecule has 1 fully saturated rings. The van der Waals surface area contributed by atoms with Crippen LogP contribution in [0.15, 0.2) is 18.2 Å². The first-order chi connectivity index (χ1) is 6.18. The molecule has 2 rings (SSSR count). The highest BCUT2D eigenvalue weighted by Crippen LogP contribution is 2.42. The van der Waals surface area contributed by atoms with Crippen LogP contribution in [0, 0.1) is 5.92 Å². The average molecular weight is 179 g/mol. The van der Waals surface area contributed by atoms with Crippen LogP contribution in [0.2, 0.25) is 0 Å². The number of aromatic hydroxyl groups is 2. The lowest BCUT2D eigenvalue weighted by Gasteiger charge is -2.12. The highest BCUT2D eigenvalue weighted by Gasteiger charge is 2.31. The molecule has 1 aromatic carbocycles. The molecule has 0 heterocycles. The summed E-state index contributed by atoms with van der Waals surface area (Å²) < 4.78 is 0. The first-order valence-corrected chi connectivity index (χ1v) is 4.46. The van der Waals surface area contributed by atoms with Gasteiger partial charge in [0.1, 0.15) is 11.5 Å². The Bertz CT molecular complexity index is 321. The van der Waals surface area contributed by atoms with Crippen LogP contribution in [0.25, 0.3) is 0 Å². The van der Waals surface area contributed by atoms with Gasteiger partial charge in [-0.1, -0.05) is 0 Å². The van der Waals surface area contributed by atoms with Crippen molar-refractivity contribution in [2.75, 3.05) is 0 Å². The van der Waals surface area contributed by atoms with Crippen molar-refractivity contribution in [3.63, 3.8) is 0 Å². The van der Waals surface area contributed by atoms with E-state index in [1.807, 2.05) is 0 Å². The second-order valence-corrected chi connectivity index (χ2v) is 3.61. The van der Waals surface area contributed by atoms with Crippen molar-refractivity contribution in [2.45, 2.75) is 18.9 Å². The van der Waals surface area contributed by atoms with Gasteiger partial charge in [0.05, 0.1) is 0 Å². The standard InChI is InChI=1S/C10H13NO2/c11-10(6-1-2-6)8-5-7(12)3-4-9(8)13/h3-6,10,12-13H,1-2,11H2/t10-/m0/s1. The van der Waals surface area contributed by atoms with Crippen LogP contribution in [0.4, 0.5) is 0 Å². The number of hydrogen-bond acceptors (Lipinski definition) is 3. The largest absolute Gasteiger partial charge is 0.508 e. The van der Waals surface area contributed by atoms with Gasteiger partial charge >= 0.3 is 0 Å². The molecule has 0 bridgehead atoms. The van der Waals surface area contributed by atoms with E-state index in [2.05, 4.69) is 0 Å². The van der Waals surface area contributed by atoms with E-state index in [1.54, 1.807) is 6.07 Å². The minimum atomic E-state index is -0.132. The van der Waals surface area contributed by atoms with Crippen LogP contribution in [-0.4, -0.2) is 10.2 Å². The van der Waals surface area contributed by atoms with E-state index < -0.39 is 0 Å². The molecule has 1 saturated carbocycles. The van der Waals surface area contributed by atoms with Crippen LogP contribution < -0.4 is 5.73 Å². The Kier molecular flexibility index (Phi) is 1.88. The molecule has 0 spiro atoms. The van der Waals surface area contributed by atoms with Gasteiger partial charge in [0.15, 0.2) is 0 Å². The molecule has 1 aromatic rings. The molecule has 0 amide bonds. The summed E-state index contributed by atoms with van der Waals surface area (Å²) >= 11 is 0. The van der Waals surface area contributed by atoms with Gasteiger partial charge in [-0.15, -0.1) is 0 Å². The molecule has 13 heavy (non-hydrogen) atoms. The van der Waals surface area contributed by atoms with E-state index in [-0.39, 0.29) is 17.5 Å². The van der Waals surface area contributed by atoms with Gasteiger partial charge in [0.2, 0.25) is 0 Å². The molecule has 1 aliphatic carbocycles. The van der Waals surface area contributed by atoms with Crippen LogP contribution in [0.5, 0.6) is 11.5 Å². The van der Waals surface area contributed by atoms with Gasteiger partial charge in [-0.2, -0.15) is 0 Å². The molecular formula is C10H13NO2. The van der Waals surface area contributed by atoms with Crippen molar-refractivity contribution in [1.82, 2.24) is 0 Å². The zero-order chi connectivity index (χ0) is 9.42. The normalized spacial score (nSPS) is 18.5. The van der Waals surface area contributed by atoms with E-state index in [0.29, 0.717) is 11.5 Å². The zero-order valence-corrected chi connectivity index (χ0v) is 7.27. The Morgan fingerprint density at radius 2 is 2.00 bits per heavy atom. The van der Waals surface area contributed by atoms with E-state index in [9.17, 15) is 10.2 Å². The van der Waals surface area contributed by atoms with Gasteiger partial charge in [-0.3, -0.25) is 0 Å². The summed E-state index contributed by atoms with van der Waals surface area (Å²) in [6.45, 7) is 0. The van der Waals surface area contributed by atoms with Crippen LogP contribution in [0.1, 0.15) is 24.4 Å². The number of nitrogens with two attached hydrogens (primary N) is 1. The molecule has 1 atom stereocenters. The van der Waals surface area contributed by atoms with Gasteiger partial charge in [0.25, 0.3) is 0 Å². The van der Waals surface area contributed by atoms with E-state index in [1.165, 1.54) is 12.1 Å². The van der Waals surface area contributed by atoms with Crippen molar-refractivity contribution in [2.24, 2.45) is 11.7 Å². The smallest absolute Gasteiger partial charge is 0.120 e. The van der Waals surface area contributed by atoms with Crippen molar-refractivity contribution in [3.8, 4) is 11.5 Å². The highest BCUT2D eigenvalue weighted by atomic mass is 16.3. The molecule has 0 saturated heterocycles. The van der Waals surface area contributed by atoms with Crippen molar-refractivity contribution in [3.05, 3.63) is 23.8 Å². The fourth-order valence-corrected chi connectivity index (χ4v) is 1.52. The summed E-state index contributed by atoms with van der Waals surface area (Å²) in [5.41, 5.74) is 6.55. The van der Waals surface area contributed by atoms with Gasteiger partial charge < -0.3 is 15.9 Å². The first-order valence-electron chi connectivity index (χ1n) is 4.46. The SMILES string of the molecule is N[C@H](c1cc(O)ccc1O)C1CC1. The summed E-state index contributed by atoms with van der Waals surface area (Å²) in [6, 6.07) is 4.34. The summed E-state index contributed by atoms with van der Waals surface area (Å²) in [7, 11) is 0. The average Bonchev–Trinajstić information content (AvgIpc) is 2.91. The second-order valence-electron chi connectivity index (χ2n) is 3.61. The maximum absolute atomic E-state index is 9.49. The zero-order valence-electron chi connectivity index (χ0n) is 7.27. The lowest BCUT2D eigenvalue weighted by atomic mass is 10.0. The molecule has 3 heteroatoms. The number of rotatable bonds is 2. The molecule has 1 aliphatic rings. The maximum atomic E-state index is 9.49. The van der Waals surface area contributed by atoms with E-state index in [4.69, 9.17) is 5.73 Å². The van der Waals surface area contributed by atoms with Crippen LogP contribution in [0.3, 0.4) is 0 Å². The third-order valence-electron chi connectivity index (χ3n) is 2.50.